The number of aldehydes is 4. The fraction of sp³-hybridized carbons (Fsp3) is 0.378. The Morgan fingerprint density at radius 2 is 1.55 bits per heavy atom. The molecule has 2 aromatic carbocycles. The second-order valence-electron chi connectivity index (χ2n) is 12.2. The van der Waals surface area contributed by atoms with Crippen LogP contribution in [0.1, 0.15) is 66.3 Å². The van der Waals surface area contributed by atoms with Gasteiger partial charge in [-0.2, -0.15) is 0 Å². The highest BCUT2D eigenvalue weighted by Crippen LogP contribution is 2.22. The average Bonchev–Trinajstić information content (AvgIpc) is 3.64. The molecule has 0 spiro atoms. The minimum atomic E-state index is -0.918. The number of fused-ring (bicyclic) bond motifs is 1. The summed E-state index contributed by atoms with van der Waals surface area (Å²) in [6.07, 6.45) is 6.60. The lowest BCUT2D eigenvalue weighted by atomic mass is 10.0. The zero-order valence-corrected chi connectivity index (χ0v) is 31.3. The number of amides is 3. The van der Waals surface area contributed by atoms with Crippen molar-refractivity contribution < 1.29 is 33.6 Å². The molecule has 0 fully saturated rings. The topological polar surface area (TPSA) is 242 Å². The summed E-state index contributed by atoms with van der Waals surface area (Å²) in [6.45, 7) is 1.91. The Hall–Kier alpha value is -6.27. The molecule has 18 nitrogen and oxygen atoms in total. The van der Waals surface area contributed by atoms with Gasteiger partial charge in [0.1, 0.15) is 43.6 Å². The molecule has 3 amide bonds. The molecule has 3 aromatic rings. The van der Waals surface area contributed by atoms with Gasteiger partial charge in [0.15, 0.2) is 0 Å². The van der Waals surface area contributed by atoms with Crippen molar-refractivity contribution >= 4 is 65.1 Å². The molecule has 294 valence electrons. The number of benzene rings is 2. The van der Waals surface area contributed by atoms with Gasteiger partial charge in [-0.05, 0) is 49.9 Å². The van der Waals surface area contributed by atoms with Crippen LogP contribution in [0.5, 0.6) is 0 Å². The van der Waals surface area contributed by atoms with E-state index in [-0.39, 0.29) is 36.4 Å². The van der Waals surface area contributed by atoms with Crippen LogP contribution in [-0.2, 0) is 35.3 Å². The maximum Gasteiger partial charge on any atom is 0.264 e. The van der Waals surface area contributed by atoms with Crippen LogP contribution in [0.15, 0.2) is 53.1 Å². The smallest absolute Gasteiger partial charge is 0.264 e. The van der Waals surface area contributed by atoms with E-state index in [1.165, 1.54) is 16.6 Å². The number of hydrogen-bond donors (Lipinski definition) is 7. The van der Waals surface area contributed by atoms with Gasteiger partial charge in [0.25, 0.3) is 5.56 Å². The Morgan fingerprint density at radius 1 is 0.873 bits per heavy atom. The number of aryl methyl sites for hydroxylation is 1. The molecule has 2 unspecified atom stereocenters. The Morgan fingerprint density at radius 3 is 2.20 bits per heavy atom. The quantitative estimate of drug-likeness (QED) is 0.0788. The molecule has 0 saturated heterocycles. The zero-order chi connectivity index (χ0) is 40.3. The minimum Gasteiger partial charge on any atom is -0.388 e. The summed E-state index contributed by atoms with van der Waals surface area (Å²) >= 11 is 0. The molecular formula is C37H48N10O8. The largest absolute Gasteiger partial charge is 0.388 e. The molecule has 0 radical (unpaired) electrons. The molecule has 1 aliphatic heterocycles. The van der Waals surface area contributed by atoms with Gasteiger partial charge >= 0.3 is 0 Å². The SMILES string of the molecule is CNC(=O)C(CCC=O)NCc1c(C=O)cccc1NC.CNC(=O)C(CCC=O)n1c(C)nc2cccc(NC(=O)CN3C=C(CCC=O)NN3)c2c1=O. The first-order valence-electron chi connectivity index (χ1n) is 17.6. The highest BCUT2D eigenvalue weighted by atomic mass is 16.2. The molecule has 55 heavy (non-hydrogen) atoms. The van der Waals surface area contributed by atoms with Crippen molar-refractivity contribution in [1.29, 1.82) is 0 Å². The first kappa shape index (κ1) is 43.1. The molecule has 4 rings (SSSR count). The van der Waals surface area contributed by atoms with Crippen molar-refractivity contribution in [2.24, 2.45) is 0 Å². The second-order valence-corrected chi connectivity index (χ2v) is 12.2. The average molecular weight is 761 g/mol. The molecule has 0 bridgehead atoms. The summed E-state index contributed by atoms with van der Waals surface area (Å²) in [5, 5.41) is 15.6. The van der Waals surface area contributed by atoms with Crippen molar-refractivity contribution in [3.05, 3.63) is 75.6 Å². The van der Waals surface area contributed by atoms with Crippen molar-refractivity contribution in [2.45, 2.75) is 64.1 Å². The molecule has 1 aromatic heterocycles. The highest BCUT2D eigenvalue weighted by Gasteiger charge is 2.25. The number of anilines is 2. The van der Waals surface area contributed by atoms with Crippen molar-refractivity contribution in [3.8, 4) is 0 Å². The first-order chi connectivity index (χ1) is 26.6. The number of hydrogen-bond acceptors (Lipinski definition) is 14. The summed E-state index contributed by atoms with van der Waals surface area (Å²) in [5.74, 6) is -0.670. The molecule has 2 heterocycles. The van der Waals surface area contributed by atoms with E-state index in [9.17, 15) is 38.4 Å². The molecule has 7 N–H and O–H groups in total. The number of hydrazine groups is 2. The minimum absolute atomic E-state index is 0.0678. The Labute approximate surface area is 317 Å². The number of rotatable bonds is 20. The van der Waals surface area contributed by atoms with E-state index in [2.05, 4.69) is 42.5 Å². The summed E-state index contributed by atoms with van der Waals surface area (Å²) in [7, 11) is 4.78. The van der Waals surface area contributed by atoms with Crippen molar-refractivity contribution in [1.82, 2.24) is 41.5 Å². The number of carbonyl (C=O) groups is 7. The van der Waals surface area contributed by atoms with Crippen LogP contribution in [0.25, 0.3) is 10.9 Å². The van der Waals surface area contributed by atoms with E-state index in [1.54, 1.807) is 57.6 Å². The fourth-order valence-corrected chi connectivity index (χ4v) is 5.87. The lowest BCUT2D eigenvalue weighted by molar-refractivity contribution is -0.124. The highest BCUT2D eigenvalue weighted by molar-refractivity contribution is 6.01. The third-order valence-corrected chi connectivity index (χ3v) is 8.59. The number of nitrogens with one attached hydrogen (secondary N) is 7. The van der Waals surface area contributed by atoms with E-state index in [1.807, 2.05) is 6.07 Å². The second kappa shape index (κ2) is 22.1. The van der Waals surface area contributed by atoms with Gasteiger partial charge in [0, 0.05) is 70.1 Å². The van der Waals surface area contributed by atoms with Crippen LogP contribution in [0.2, 0.25) is 0 Å². The van der Waals surface area contributed by atoms with Crippen LogP contribution in [-0.4, -0.2) is 91.2 Å². The van der Waals surface area contributed by atoms with Gasteiger partial charge in [-0.1, -0.05) is 18.2 Å². The summed E-state index contributed by atoms with van der Waals surface area (Å²) in [4.78, 5) is 97.9. The predicted molar refractivity (Wildman–Crippen MR) is 205 cm³/mol. The van der Waals surface area contributed by atoms with E-state index in [0.29, 0.717) is 55.4 Å². The van der Waals surface area contributed by atoms with Crippen LogP contribution >= 0.6 is 0 Å². The predicted octanol–water partition coefficient (Wildman–Crippen LogP) is 0.779. The van der Waals surface area contributed by atoms with Gasteiger partial charge in [-0.25, -0.2) is 4.98 Å². The molecule has 2 atom stereocenters. The molecule has 18 heteroatoms. The molecular weight excluding hydrogens is 712 g/mol. The Bertz CT molecular complexity index is 1950. The van der Waals surface area contributed by atoms with Crippen molar-refractivity contribution in [2.75, 3.05) is 38.3 Å². The standard InChI is InChI=1S/C22H27N7O5.C15H21N3O3/c1-14-24-16-7-3-8-17(25-19(32)13-28-12-15(26-27-28)6-4-10-30)20(16)22(34)29(14)18(9-5-11-31)21(33)23-2;1-16-13-6-3-5-11(10-20)12(13)9-18-14(7-4-8-19)15(21)17-2/h3,7-8,10-12,18,26-27H,4-6,9,13H2,1-2H3,(H,23,33)(H,25,32);3,5-6,8,10,14,16,18H,4,7,9H2,1-2H3,(H,17,21). The van der Waals surface area contributed by atoms with Gasteiger partial charge < -0.3 is 46.4 Å². The van der Waals surface area contributed by atoms with E-state index >= 15 is 0 Å². The van der Waals surface area contributed by atoms with Crippen molar-refractivity contribution in [3.63, 3.8) is 0 Å². The number of aromatic nitrogens is 2. The normalized spacial score (nSPS) is 12.9. The summed E-state index contributed by atoms with van der Waals surface area (Å²) < 4.78 is 1.26. The third kappa shape index (κ3) is 11.9. The maximum atomic E-state index is 13.5. The number of carbonyl (C=O) groups excluding carboxylic acids is 7. The Kier molecular flexibility index (Phi) is 17.3. The van der Waals surface area contributed by atoms with Crippen LogP contribution in [0, 0.1) is 6.92 Å². The zero-order valence-electron chi connectivity index (χ0n) is 31.3. The summed E-state index contributed by atoms with van der Waals surface area (Å²) in [6, 6.07) is 8.91. The number of nitrogens with zero attached hydrogens (tertiary/aromatic N) is 3. The van der Waals surface area contributed by atoms with Crippen LogP contribution in [0.3, 0.4) is 0 Å². The molecule has 1 aliphatic rings. The first-order valence-corrected chi connectivity index (χ1v) is 17.6. The fourth-order valence-electron chi connectivity index (χ4n) is 5.87. The molecule has 0 aliphatic carbocycles. The maximum absolute atomic E-state index is 13.5. The number of allylic oxidation sites excluding steroid dienone is 1. The molecule has 0 saturated carbocycles. The van der Waals surface area contributed by atoms with Gasteiger partial charge in [-0.3, -0.25) is 33.5 Å². The van der Waals surface area contributed by atoms with E-state index in [4.69, 9.17) is 0 Å². The van der Waals surface area contributed by atoms with Gasteiger partial charge in [0.2, 0.25) is 17.7 Å². The van der Waals surface area contributed by atoms with Crippen LogP contribution < -0.4 is 43.1 Å². The van der Waals surface area contributed by atoms with E-state index < -0.39 is 29.5 Å². The van der Waals surface area contributed by atoms with E-state index in [0.717, 1.165) is 35.8 Å². The Balaban J connectivity index is 0.000000332. The van der Waals surface area contributed by atoms with Gasteiger partial charge in [0.05, 0.1) is 22.6 Å². The third-order valence-electron chi connectivity index (χ3n) is 8.59. The van der Waals surface area contributed by atoms with Gasteiger partial charge in [-0.15, -0.1) is 5.53 Å². The lowest BCUT2D eigenvalue weighted by Crippen LogP contribution is -2.42. The lowest BCUT2D eigenvalue weighted by Gasteiger charge is -2.21. The monoisotopic (exact) mass is 760 g/mol. The summed E-state index contributed by atoms with van der Waals surface area (Å²) in [5.41, 5.74) is 8.81. The van der Waals surface area contributed by atoms with Crippen LogP contribution in [0.4, 0.5) is 11.4 Å². The number of likely N-dealkylation sites (N-methyl/N-ethyl adjacent to an activating group) is 2.